The lowest BCUT2D eigenvalue weighted by Crippen LogP contribution is -2.50. The molecule has 0 aliphatic carbocycles. The Bertz CT molecular complexity index is 633. The lowest BCUT2D eigenvalue weighted by atomic mass is 10.0. The number of rotatable bonds is 5. The molecule has 2 aliphatic rings. The number of carbonyl (C=O) groups is 2. The van der Waals surface area contributed by atoms with Crippen molar-refractivity contribution in [3.63, 3.8) is 0 Å². The zero-order valence-corrected chi connectivity index (χ0v) is 15.1. The van der Waals surface area contributed by atoms with Gasteiger partial charge in [0.1, 0.15) is 5.82 Å². The summed E-state index contributed by atoms with van der Waals surface area (Å²) in [6, 6.07) is 6.19. The second-order valence-electron chi connectivity index (χ2n) is 6.81. The van der Waals surface area contributed by atoms with Crippen LogP contribution in [-0.2, 0) is 25.5 Å². The van der Waals surface area contributed by atoms with Crippen molar-refractivity contribution in [2.24, 2.45) is 0 Å². The number of hydrogen-bond donors (Lipinski definition) is 0. The summed E-state index contributed by atoms with van der Waals surface area (Å²) in [6.45, 7) is 4.31. The van der Waals surface area contributed by atoms with Gasteiger partial charge in [0.15, 0.2) is 5.79 Å². The van der Waals surface area contributed by atoms with Crippen molar-refractivity contribution in [1.29, 1.82) is 0 Å². The smallest absolute Gasteiger partial charge is 0.242 e. The maximum Gasteiger partial charge on any atom is 0.242 e. The molecular weight excluding hydrogens is 339 g/mol. The van der Waals surface area contributed by atoms with E-state index in [0.29, 0.717) is 52.1 Å². The number of halogens is 1. The third kappa shape index (κ3) is 4.59. The van der Waals surface area contributed by atoms with Crippen molar-refractivity contribution in [2.45, 2.75) is 32.0 Å². The summed E-state index contributed by atoms with van der Waals surface area (Å²) in [5.41, 5.74) is 0.931. The van der Waals surface area contributed by atoms with E-state index in [1.165, 1.54) is 19.1 Å². The van der Waals surface area contributed by atoms with Gasteiger partial charge in [-0.2, -0.15) is 0 Å². The van der Waals surface area contributed by atoms with Gasteiger partial charge >= 0.3 is 0 Å². The first kappa shape index (κ1) is 18.8. The molecule has 2 fully saturated rings. The van der Waals surface area contributed by atoms with E-state index in [-0.39, 0.29) is 24.2 Å². The Balaban J connectivity index is 1.50. The second kappa shape index (κ2) is 8.14. The first-order valence-electron chi connectivity index (χ1n) is 9.03. The van der Waals surface area contributed by atoms with Gasteiger partial charge in [-0.05, 0) is 24.1 Å². The highest BCUT2D eigenvalue weighted by Gasteiger charge is 2.40. The highest BCUT2D eigenvalue weighted by Crippen LogP contribution is 2.31. The van der Waals surface area contributed by atoms with Gasteiger partial charge in [-0.3, -0.25) is 9.59 Å². The van der Waals surface area contributed by atoms with Crippen molar-refractivity contribution in [1.82, 2.24) is 9.80 Å². The number of ether oxygens (including phenoxy) is 2. The molecule has 0 bridgehead atoms. The molecule has 0 unspecified atom stereocenters. The number of piperidine rings is 1. The molecule has 0 radical (unpaired) electrons. The average molecular weight is 364 g/mol. The Kier molecular flexibility index (Phi) is 5.88. The molecule has 2 aliphatic heterocycles. The van der Waals surface area contributed by atoms with E-state index < -0.39 is 5.79 Å². The molecule has 0 atom stereocenters. The van der Waals surface area contributed by atoms with Gasteiger partial charge < -0.3 is 19.3 Å². The number of hydrogen-bond acceptors (Lipinski definition) is 4. The van der Waals surface area contributed by atoms with Gasteiger partial charge in [0, 0.05) is 39.4 Å². The fourth-order valence-electron chi connectivity index (χ4n) is 3.41. The fraction of sp³-hybridized carbons (Fsp3) is 0.579. The summed E-state index contributed by atoms with van der Waals surface area (Å²) in [5.74, 6) is -1.01. The van der Waals surface area contributed by atoms with E-state index in [1.807, 2.05) is 0 Å². The molecule has 7 heteroatoms. The van der Waals surface area contributed by atoms with E-state index in [4.69, 9.17) is 9.47 Å². The van der Waals surface area contributed by atoms with E-state index in [2.05, 4.69) is 0 Å². The third-order valence-corrected chi connectivity index (χ3v) is 5.05. The molecular formula is C19H25FN2O4. The predicted molar refractivity (Wildman–Crippen MR) is 92.8 cm³/mol. The van der Waals surface area contributed by atoms with Crippen LogP contribution in [0.4, 0.5) is 4.39 Å². The molecule has 26 heavy (non-hydrogen) atoms. The number of benzene rings is 1. The average Bonchev–Trinajstić information content (AvgIpc) is 3.08. The van der Waals surface area contributed by atoms with Crippen LogP contribution in [0.15, 0.2) is 24.3 Å². The highest BCUT2D eigenvalue weighted by molar-refractivity contribution is 5.84. The van der Waals surface area contributed by atoms with E-state index in [9.17, 15) is 14.0 Å². The highest BCUT2D eigenvalue weighted by atomic mass is 19.1. The van der Waals surface area contributed by atoms with Gasteiger partial charge in [0.05, 0.1) is 19.8 Å². The molecule has 1 aromatic rings. The largest absolute Gasteiger partial charge is 0.347 e. The Morgan fingerprint density at radius 3 is 2.35 bits per heavy atom. The van der Waals surface area contributed by atoms with Gasteiger partial charge in [-0.1, -0.05) is 12.1 Å². The zero-order valence-electron chi connectivity index (χ0n) is 15.1. The molecule has 1 spiro atoms. The summed E-state index contributed by atoms with van der Waals surface area (Å²) in [4.78, 5) is 27.8. The van der Waals surface area contributed by atoms with Gasteiger partial charge in [0.2, 0.25) is 11.8 Å². The van der Waals surface area contributed by atoms with Crippen molar-refractivity contribution >= 4 is 11.8 Å². The molecule has 2 heterocycles. The number of carbonyl (C=O) groups excluding carboxylic acids is 2. The van der Waals surface area contributed by atoms with Crippen LogP contribution in [-0.4, -0.2) is 66.8 Å². The number of amides is 2. The Morgan fingerprint density at radius 1 is 1.15 bits per heavy atom. The summed E-state index contributed by atoms with van der Waals surface area (Å²) >= 11 is 0. The van der Waals surface area contributed by atoms with Crippen LogP contribution in [0, 0.1) is 5.82 Å². The van der Waals surface area contributed by atoms with E-state index in [0.717, 1.165) is 5.56 Å². The minimum atomic E-state index is -0.514. The topological polar surface area (TPSA) is 59.1 Å². The first-order chi connectivity index (χ1) is 12.5. The number of nitrogens with zero attached hydrogens (tertiary/aromatic N) is 2. The normalized spacial score (nSPS) is 18.9. The van der Waals surface area contributed by atoms with Crippen LogP contribution >= 0.6 is 0 Å². The first-order valence-corrected chi connectivity index (χ1v) is 9.03. The van der Waals surface area contributed by atoms with Crippen LogP contribution in [0.3, 0.4) is 0 Å². The van der Waals surface area contributed by atoms with Crippen LogP contribution in [0.5, 0.6) is 0 Å². The van der Waals surface area contributed by atoms with E-state index >= 15 is 0 Å². The van der Waals surface area contributed by atoms with E-state index in [1.54, 1.807) is 21.9 Å². The molecule has 0 N–H and O–H groups in total. The molecule has 0 saturated carbocycles. The van der Waals surface area contributed by atoms with Gasteiger partial charge in [-0.25, -0.2) is 4.39 Å². The van der Waals surface area contributed by atoms with Crippen LogP contribution < -0.4 is 0 Å². The van der Waals surface area contributed by atoms with Crippen molar-refractivity contribution in [3.05, 3.63) is 35.6 Å². The third-order valence-electron chi connectivity index (χ3n) is 5.05. The maximum absolute atomic E-state index is 13.0. The van der Waals surface area contributed by atoms with Gasteiger partial charge in [0.25, 0.3) is 0 Å². The molecule has 0 aromatic heterocycles. The molecule has 3 rings (SSSR count). The van der Waals surface area contributed by atoms with Crippen LogP contribution in [0.25, 0.3) is 0 Å². The molecule has 2 saturated heterocycles. The van der Waals surface area contributed by atoms with Crippen molar-refractivity contribution < 1.29 is 23.5 Å². The monoisotopic (exact) mass is 364 g/mol. The standard InChI is InChI=1S/C19H25FN2O4/c1-15(23)22(9-6-16-2-4-17(20)5-3-16)14-18(24)21-10-7-19(8-11-21)25-12-13-26-19/h2-5H,6-14H2,1H3. The van der Waals surface area contributed by atoms with Gasteiger partial charge in [-0.15, -0.1) is 0 Å². The lowest BCUT2D eigenvalue weighted by molar-refractivity contribution is -0.187. The van der Waals surface area contributed by atoms with Crippen molar-refractivity contribution in [2.75, 3.05) is 39.4 Å². The Hall–Kier alpha value is -1.99. The van der Waals surface area contributed by atoms with Crippen molar-refractivity contribution in [3.8, 4) is 0 Å². The summed E-state index contributed by atoms with van der Waals surface area (Å²) in [7, 11) is 0. The van der Waals surface area contributed by atoms with Crippen LogP contribution in [0.1, 0.15) is 25.3 Å². The predicted octanol–water partition coefficient (Wildman–Crippen LogP) is 1.58. The summed E-state index contributed by atoms with van der Waals surface area (Å²) in [5, 5.41) is 0. The maximum atomic E-state index is 13.0. The Labute approximate surface area is 152 Å². The Morgan fingerprint density at radius 2 is 1.77 bits per heavy atom. The lowest BCUT2D eigenvalue weighted by Gasteiger charge is -2.38. The minimum absolute atomic E-state index is 0.0608. The fourth-order valence-corrected chi connectivity index (χ4v) is 3.41. The quantitative estimate of drug-likeness (QED) is 0.796. The second-order valence-corrected chi connectivity index (χ2v) is 6.81. The minimum Gasteiger partial charge on any atom is -0.347 e. The molecule has 6 nitrogen and oxygen atoms in total. The molecule has 142 valence electrons. The number of likely N-dealkylation sites (tertiary alicyclic amines) is 1. The summed E-state index contributed by atoms with van der Waals surface area (Å²) in [6.07, 6.45) is 1.90. The van der Waals surface area contributed by atoms with Crippen LogP contribution in [0.2, 0.25) is 0 Å². The molecule has 2 amide bonds. The SMILES string of the molecule is CC(=O)N(CCc1ccc(F)cc1)CC(=O)N1CCC2(CC1)OCCO2. The zero-order chi connectivity index (χ0) is 18.6. The summed E-state index contributed by atoms with van der Waals surface area (Å²) < 4.78 is 24.3. The molecule has 1 aromatic carbocycles.